The average Bonchev–Trinajstić information content (AvgIpc) is 3.17. The van der Waals surface area contributed by atoms with Crippen LogP contribution in [-0.2, 0) is 14.6 Å². The van der Waals surface area contributed by atoms with Crippen molar-refractivity contribution in [1.82, 2.24) is 10.2 Å². The van der Waals surface area contributed by atoms with Gasteiger partial charge in [-0.2, -0.15) is 0 Å². The molecule has 0 aliphatic carbocycles. The minimum absolute atomic E-state index is 0.0223. The molecule has 2 unspecified atom stereocenters. The maximum atomic E-state index is 12.0. The van der Waals surface area contributed by atoms with Gasteiger partial charge in [0.05, 0.1) is 23.8 Å². The summed E-state index contributed by atoms with van der Waals surface area (Å²) in [5, 5.41) is 2.84. The molecule has 1 amide bonds. The third-order valence-electron chi connectivity index (χ3n) is 4.20. The Labute approximate surface area is 130 Å². The van der Waals surface area contributed by atoms with Crippen LogP contribution in [-0.4, -0.2) is 55.9 Å². The largest absolute Gasteiger partial charge is 0.465 e. The Morgan fingerprint density at radius 3 is 2.77 bits per heavy atom. The Morgan fingerprint density at radius 1 is 1.32 bits per heavy atom. The van der Waals surface area contributed by atoms with Crippen molar-refractivity contribution in [2.24, 2.45) is 0 Å². The van der Waals surface area contributed by atoms with Crippen molar-refractivity contribution in [2.45, 2.75) is 24.9 Å². The van der Waals surface area contributed by atoms with Crippen molar-refractivity contribution < 1.29 is 17.6 Å². The smallest absolute Gasteiger partial charge is 0.244 e. The van der Waals surface area contributed by atoms with Gasteiger partial charge in [0, 0.05) is 12.1 Å². The van der Waals surface area contributed by atoms with Crippen LogP contribution in [0.25, 0.3) is 6.08 Å². The highest BCUT2D eigenvalue weighted by Gasteiger charge is 2.42. The van der Waals surface area contributed by atoms with Crippen molar-refractivity contribution in [3.8, 4) is 0 Å². The first-order chi connectivity index (χ1) is 10.5. The van der Waals surface area contributed by atoms with Gasteiger partial charge in [-0.05, 0) is 44.1 Å². The van der Waals surface area contributed by atoms with Gasteiger partial charge in [-0.1, -0.05) is 0 Å². The summed E-state index contributed by atoms with van der Waals surface area (Å²) in [5.74, 6) is 0.460. The maximum Gasteiger partial charge on any atom is 0.244 e. The second kappa shape index (κ2) is 6.26. The highest BCUT2D eigenvalue weighted by atomic mass is 32.2. The van der Waals surface area contributed by atoms with Crippen LogP contribution in [0.15, 0.2) is 28.9 Å². The molecule has 2 saturated heterocycles. The number of furan rings is 1. The van der Waals surface area contributed by atoms with Gasteiger partial charge in [0.2, 0.25) is 5.91 Å². The van der Waals surface area contributed by atoms with E-state index in [4.69, 9.17) is 4.42 Å². The molecular formula is C15H20N2O4S. The Kier molecular flexibility index (Phi) is 4.35. The molecule has 22 heavy (non-hydrogen) atoms. The first-order valence-electron chi connectivity index (χ1n) is 7.50. The van der Waals surface area contributed by atoms with Crippen LogP contribution < -0.4 is 5.32 Å². The maximum absolute atomic E-state index is 12.0. The van der Waals surface area contributed by atoms with Crippen molar-refractivity contribution >= 4 is 21.8 Å². The Bertz CT molecular complexity index is 645. The fourth-order valence-electron chi connectivity index (χ4n) is 3.17. The van der Waals surface area contributed by atoms with Gasteiger partial charge in [0.15, 0.2) is 9.84 Å². The van der Waals surface area contributed by atoms with Crippen LogP contribution in [0.4, 0.5) is 0 Å². The van der Waals surface area contributed by atoms with Crippen LogP contribution in [0.5, 0.6) is 0 Å². The zero-order chi connectivity index (χ0) is 15.6. The second-order valence-corrected chi connectivity index (χ2v) is 8.00. The summed E-state index contributed by atoms with van der Waals surface area (Å²) in [7, 11) is -3.08. The lowest BCUT2D eigenvalue weighted by atomic mass is 10.1. The van der Waals surface area contributed by atoms with Crippen molar-refractivity contribution in [1.29, 1.82) is 0 Å². The molecule has 1 aromatic rings. The molecule has 2 aliphatic rings. The number of nitrogens with one attached hydrogen (secondary N) is 1. The zero-order valence-electron chi connectivity index (χ0n) is 12.3. The Hall–Kier alpha value is -1.60. The molecule has 0 bridgehead atoms. The van der Waals surface area contributed by atoms with Crippen LogP contribution >= 0.6 is 0 Å². The molecule has 0 radical (unpaired) electrons. The number of carbonyl (C=O) groups excluding carboxylic acids is 1. The summed E-state index contributed by atoms with van der Waals surface area (Å²) in [5.41, 5.74) is 0. The second-order valence-electron chi connectivity index (χ2n) is 5.85. The molecule has 0 spiro atoms. The molecule has 2 fully saturated rings. The molecule has 2 aliphatic heterocycles. The SMILES string of the molecule is O=C(C=Cc1ccco1)NC1CS(=O)(=O)CC1N1CCCC1. The molecular weight excluding hydrogens is 304 g/mol. The number of amides is 1. The van der Waals surface area contributed by atoms with Gasteiger partial charge in [0.1, 0.15) is 5.76 Å². The van der Waals surface area contributed by atoms with E-state index in [0.29, 0.717) is 5.76 Å². The standard InChI is InChI=1S/C15H20N2O4S/c18-15(6-5-12-4-3-9-21-12)16-13-10-22(19,20)11-14(13)17-7-1-2-8-17/h3-6,9,13-14H,1-2,7-8,10-11H2,(H,16,18). The van der Waals surface area contributed by atoms with Gasteiger partial charge in [-0.25, -0.2) is 8.42 Å². The summed E-state index contributed by atoms with van der Waals surface area (Å²) in [4.78, 5) is 14.2. The third-order valence-corrected chi connectivity index (χ3v) is 5.92. The predicted molar refractivity (Wildman–Crippen MR) is 82.9 cm³/mol. The molecule has 0 saturated carbocycles. The van der Waals surface area contributed by atoms with E-state index in [1.54, 1.807) is 18.2 Å². The first kappa shape index (κ1) is 15.3. The van der Waals surface area contributed by atoms with E-state index in [0.717, 1.165) is 25.9 Å². The topological polar surface area (TPSA) is 79.6 Å². The number of nitrogens with zero attached hydrogens (tertiary/aromatic N) is 1. The highest BCUT2D eigenvalue weighted by molar-refractivity contribution is 7.91. The fourth-order valence-corrected chi connectivity index (χ4v) is 5.13. The van der Waals surface area contributed by atoms with Crippen molar-refractivity contribution in [2.75, 3.05) is 24.6 Å². The summed E-state index contributed by atoms with van der Waals surface area (Å²) in [6.07, 6.45) is 6.67. The number of likely N-dealkylation sites (tertiary alicyclic amines) is 1. The fraction of sp³-hybridized carbons (Fsp3) is 0.533. The normalized spacial score (nSPS) is 28.4. The summed E-state index contributed by atoms with van der Waals surface area (Å²) < 4.78 is 29.0. The minimum Gasteiger partial charge on any atom is -0.465 e. The number of rotatable bonds is 4. The third kappa shape index (κ3) is 3.59. The molecule has 1 aromatic heterocycles. The number of sulfone groups is 1. The summed E-state index contributed by atoms with van der Waals surface area (Å²) in [6, 6.07) is 3.05. The van der Waals surface area contributed by atoms with E-state index in [9.17, 15) is 13.2 Å². The van der Waals surface area contributed by atoms with Crippen LogP contribution in [0.3, 0.4) is 0 Å². The lowest BCUT2D eigenvalue weighted by Crippen LogP contribution is -2.49. The molecule has 6 nitrogen and oxygen atoms in total. The van der Waals surface area contributed by atoms with E-state index in [2.05, 4.69) is 10.2 Å². The zero-order valence-corrected chi connectivity index (χ0v) is 13.1. The average molecular weight is 324 g/mol. The number of carbonyl (C=O) groups is 1. The van der Waals surface area contributed by atoms with E-state index >= 15 is 0 Å². The van der Waals surface area contributed by atoms with Crippen LogP contribution in [0.1, 0.15) is 18.6 Å². The number of hydrogen-bond acceptors (Lipinski definition) is 5. The molecule has 7 heteroatoms. The lowest BCUT2D eigenvalue weighted by molar-refractivity contribution is -0.117. The molecule has 3 rings (SSSR count). The summed E-state index contributed by atoms with van der Waals surface area (Å²) in [6.45, 7) is 1.82. The molecule has 3 heterocycles. The number of hydrogen-bond donors (Lipinski definition) is 1. The molecule has 2 atom stereocenters. The first-order valence-corrected chi connectivity index (χ1v) is 9.32. The van der Waals surface area contributed by atoms with E-state index < -0.39 is 9.84 Å². The van der Waals surface area contributed by atoms with E-state index in [1.165, 1.54) is 12.3 Å². The lowest BCUT2D eigenvalue weighted by Gasteiger charge is -2.28. The van der Waals surface area contributed by atoms with Gasteiger partial charge in [-0.3, -0.25) is 9.69 Å². The van der Waals surface area contributed by atoms with E-state index in [-0.39, 0.29) is 29.5 Å². The van der Waals surface area contributed by atoms with Crippen LogP contribution in [0, 0.1) is 0 Å². The van der Waals surface area contributed by atoms with Crippen LogP contribution in [0.2, 0.25) is 0 Å². The quantitative estimate of drug-likeness (QED) is 0.824. The monoisotopic (exact) mass is 324 g/mol. The van der Waals surface area contributed by atoms with Gasteiger partial charge in [0.25, 0.3) is 0 Å². The Morgan fingerprint density at radius 2 is 2.09 bits per heavy atom. The molecule has 1 N–H and O–H groups in total. The van der Waals surface area contributed by atoms with Gasteiger partial charge >= 0.3 is 0 Å². The molecule has 0 aromatic carbocycles. The highest BCUT2D eigenvalue weighted by Crippen LogP contribution is 2.22. The van der Waals surface area contributed by atoms with Crippen molar-refractivity contribution in [3.05, 3.63) is 30.2 Å². The van der Waals surface area contributed by atoms with Crippen molar-refractivity contribution in [3.63, 3.8) is 0 Å². The summed E-state index contributed by atoms with van der Waals surface area (Å²) >= 11 is 0. The Balaban J connectivity index is 1.65. The minimum atomic E-state index is -3.08. The molecule has 120 valence electrons. The van der Waals surface area contributed by atoms with Gasteiger partial charge in [-0.15, -0.1) is 0 Å². The predicted octanol–water partition coefficient (Wildman–Crippen LogP) is 0.670. The van der Waals surface area contributed by atoms with E-state index in [1.807, 2.05) is 0 Å². The van der Waals surface area contributed by atoms with Gasteiger partial charge < -0.3 is 9.73 Å².